The van der Waals surface area contributed by atoms with Crippen LogP contribution in [0.1, 0.15) is 79.1 Å². The SMILES string of the molecule is CCOC(=O)c1c(C)[nH]c(C(=O)OCC(=O)NC(C)CCCC(C)C)c1C. The molecule has 1 amide bonds. The number of carbonyl (C=O) groups excluding carboxylic acids is 3. The van der Waals surface area contributed by atoms with Crippen LogP contribution in [-0.2, 0) is 14.3 Å². The van der Waals surface area contributed by atoms with Crippen molar-refractivity contribution in [2.75, 3.05) is 13.2 Å². The highest BCUT2D eigenvalue weighted by Gasteiger charge is 2.24. The summed E-state index contributed by atoms with van der Waals surface area (Å²) in [5.74, 6) is -0.864. The Morgan fingerprint density at radius 3 is 2.30 bits per heavy atom. The summed E-state index contributed by atoms with van der Waals surface area (Å²) in [5.41, 5.74) is 1.47. The van der Waals surface area contributed by atoms with Crippen molar-refractivity contribution < 1.29 is 23.9 Å². The summed E-state index contributed by atoms with van der Waals surface area (Å²) in [6, 6.07) is 0.0276. The van der Waals surface area contributed by atoms with Crippen LogP contribution in [0.2, 0.25) is 0 Å². The number of carbonyl (C=O) groups is 3. The molecule has 0 aliphatic rings. The number of hydrogen-bond acceptors (Lipinski definition) is 5. The van der Waals surface area contributed by atoms with Gasteiger partial charge in [-0.2, -0.15) is 0 Å². The number of aromatic amines is 1. The molecule has 2 N–H and O–H groups in total. The minimum absolute atomic E-state index is 0.0276. The molecule has 1 unspecified atom stereocenters. The molecule has 27 heavy (non-hydrogen) atoms. The molecule has 1 aromatic heterocycles. The van der Waals surface area contributed by atoms with Gasteiger partial charge in [0.15, 0.2) is 6.61 Å². The number of rotatable bonds is 10. The van der Waals surface area contributed by atoms with Gasteiger partial charge in [-0.15, -0.1) is 0 Å². The summed E-state index contributed by atoms with van der Waals surface area (Å²) in [7, 11) is 0. The molecular formula is C20H32N2O5. The van der Waals surface area contributed by atoms with Gasteiger partial charge in [-0.05, 0) is 45.6 Å². The van der Waals surface area contributed by atoms with Gasteiger partial charge >= 0.3 is 11.9 Å². The highest BCUT2D eigenvalue weighted by atomic mass is 16.5. The van der Waals surface area contributed by atoms with Crippen molar-refractivity contribution >= 4 is 17.8 Å². The zero-order chi connectivity index (χ0) is 20.6. The van der Waals surface area contributed by atoms with E-state index in [4.69, 9.17) is 9.47 Å². The summed E-state index contributed by atoms with van der Waals surface area (Å²) in [6.45, 7) is 11.2. The monoisotopic (exact) mass is 380 g/mol. The lowest BCUT2D eigenvalue weighted by Gasteiger charge is -2.14. The van der Waals surface area contributed by atoms with E-state index < -0.39 is 11.9 Å². The van der Waals surface area contributed by atoms with Crippen LogP contribution < -0.4 is 5.32 Å². The molecule has 0 saturated heterocycles. The lowest BCUT2D eigenvalue weighted by atomic mass is 10.0. The fourth-order valence-corrected chi connectivity index (χ4v) is 2.89. The predicted octanol–water partition coefficient (Wildman–Crippen LogP) is 3.30. The van der Waals surface area contributed by atoms with Crippen LogP contribution in [0.4, 0.5) is 0 Å². The van der Waals surface area contributed by atoms with Crippen LogP contribution >= 0.6 is 0 Å². The molecule has 1 rings (SSSR count). The number of esters is 2. The molecule has 152 valence electrons. The third-order valence-electron chi connectivity index (χ3n) is 4.28. The van der Waals surface area contributed by atoms with Crippen molar-refractivity contribution in [3.8, 4) is 0 Å². The Morgan fingerprint density at radius 1 is 1.04 bits per heavy atom. The third kappa shape index (κ3) is 7.07. The second-order valence-electron chi connectivity index (χ2n) is 7.21. The van der Waals surface area contributed by atoms with E-state index >= 15 is 0 Å². The van der Waals surface area contributed by atoms with Gasteiger partial charge in [0, 0.05) is 11.7 Å². The first-order chi connectivity index (χ1) is 12.7. The van der Waals surface area contributed by atoms with Crippen LogP contribution in [0.3, 0.4) is 0 Å². The molecule has 1 heterocycles. The molecule has 0 bridgehead atoms. The van der Waals surface area contributed by atoms with Crippen molar-refractivity contribution in [2.45, 2.75) is 66.8 Å². The molecule has 0 aliphatic heterocycles. The van der Waals surface area contributed by atoms with Gasteiger partial charge in [0.25, 0.3) is 5.91 Å². The molecule has 0 aliphatic carbocycles. The van der Waals surface area contributed by atoms with Gasteiger partial charge in [-0.1, -0.05) is 26.7 Å². The van der Waals surface area contributed by atoms with Crippen molar-refractivity contribution in [1.29, 1.82) is 0 Å². The van der Waals surface area contributed by atoms with E-state index in [9.17, 15) is 14.4 Å². The number of nitrogens with one attached hydrogen (secondary N) is 2. The number of ether oxygens (including phenoxy) is 2. The quantitative estimate of drug-likeness (QED) is 0.607. The highest BCUT2D eigenvalue weighted by Crippen LogP contribution is 2.19. The van der Waals surface area contributed by atoms with Crippen LogP contribution in [0.15, 0.2) is 0 Å². The Balaban J connectivity index is 2.56. The van der Waals surface area contributed by atoms with E-state index in [-0.39, 0.29) is 30.9 Å². The molecule has 1 atom stereocenters. The summed E-state index contributed by atoms with van der Waals surface area (Å²) < 4.78 is 10.1. The Labute approximate surface area is 161 Å². The Morgan fingerprint density at radius 2 is 1.70 bits per heavy atom. The number of H-pyrrole nitrogens is 1. The summed E-state index contributed by atoms with van der Waals surface area (Å²) >= 11 is 0. The fraction of sp³-hybridized carbons (Fsp3) is 0.650. The molecule has 7 nitrogen and oxygen atoms in total. The molecule has 0 radical (unpaired) electrons. The van der Waals surface area contributed by atoms with Crippen LogP contribution in [0, 0.1) is 19.8 Å². The largest absolute Gasteiger partial charge is 0.462 e. The molecule has 0 fully saturated rings. The summed E-state index contributed by atoms with van der Waals surface area (Å²) in [6.07, 6.45) is 3.04. The maximum absolute atomic E-state index is 12.3. The first-order valence-corrected chi connectivity index (χ1v) is 9.50. The standard InChI is InChI=1S/C20H32N2O5/c1-7-26-19(24)17-14(5)18(22-15(17)6)20(25)27-11-16(23)21-13(4)10-8-9-12(2)3/h12-13,22H,7-11H2,1-6H3,(H,21,23). The average Bonchev–Trinajstić information content (AvgIpc) is 2.87. The predicted molar refractivity (Wildman–Crippen MR) is 103 cm³/mol. The zero-order valence-corrected chi connectivity index (χ0v) is 17.2. The van der Waals surface area contributed by atoms with E-state index in [1.165, 1.54) is 0 Å². The number of aryl methyl sites for hydroxylation is 1. The van der Waals surface area contributed by atoms with E-state index in [0.29, 0.717) is 22.7 Å². The van der Waals surface area contributed by atoms with Gasteiger partial charge in [-0.25, -0.2) is 9.59 Å². The lowest BCUT2D eigenvalue weighted by molar-refractivity contribution is -0.124. The normalized spacial score (nSPS) is 12.0. The lowest BCUT2D eigenvalue weighted by Crippen LogP contribution is -2.36. The van der Waals surface area contributed by atoms with Crippen molar-refractivity contribution in [3.05, 3.63) is 22.5 Å². The maximum atomic E-state index is 12.3. The topological polar surface area (TPSA) is 97.5 Å². The van der Waals surface area contributed by atoms with Crippen molar-refractivity contribution in [1.82, 2.24) is 10.3 Å². The van der Waals surface area contributed by atoms with Gasteiger partial charge in [0.1, 0.15) is 5.69 Å². The molecule has 1 aromatic rings. The molecule has 0 spiro atoms. The number of amides is 1. The maximum Gasteiger partial charge on any atom is 0.355 e. The van der Waals surface area contributed by atoms with Crippen molar-refractivity contribution in [3.63, 3.8) is 0 Å². The van der Waals surface area contributed by atoms with Crippen LogP contribution in [-0.4, -0.2) is 42.1 Å². The van der Waals surface area contributed by atoms with Crippen molar-refractivity contribution in [2.24, 2.45) is 5.92 Å². The van der Waals surface area contributed by atoms with E-state index in [0.717, 1.165) is 19.3 Å². The zero-order valence-electron chi connectivity index (χ0n) is 17.2. The molecule has 0 aromatic carbocycles. The fourth-order valence-electron chi connectivity index (χ4n) is 2.89. The molecule has 0 saturated carbocycles. The second-order valence-corrected chi connectivity index (χ2v) is 7.21. The minimum atomic E-state index is -0.672. The third-order valence-corrected chi connectivity index (χ3v) is 4.28. The number of hydrogen-bond donors (Lipinski definition) is 2. The van der Waals surface area contributed by atoms with Crippen LogP contribution in [0.25, 0.3) is 0 Å². The Hall–Kier alpha value is -2.31. The summed E-state index contributed by atoms with van der Waals surface area (Å²) in [4.78, 5) is 39.1. The number of aromatic nitrogens is 1. The van der Waals surface area contributed by atoms with E-state index in [2.05, 4.69) is 24.1 Å². The Kier molecular flexibility index (Phi) is 9.05. The van der Waals surface area contributed by atoms with Gasteiger partial charge < -0.3 is 19.8 Å². The second kappa shape index (κ2) is 10.7. The van der Waals surface area contributed by atoms with E-state index in [1.54, 1.807) is 20.8 Å². The smallest absolute Gasteiger partial charge is 0.355 e. The van der Waals surface area contributed by atoms with Gasteiger partial charge in [0.2, 0.25) is 0 Å². The van der Waals surface area contributed by atoms with Gasteiger partial charge in [-0.3, -0.25) is 4.79 Å². The summed E-state index contributed by atoms with van der Waals surface area (Å²) in [5, 5.41) is 2.83. The Bertz CT molecular complexity index is 664. The molecular weight excluding hydrogens is 348 g/mol. The average molecular weight is 380 g/mol. The van der Waals surface area contributed by atoms with E-state index in [1.807, 2.05) is 6.92 Å². The first-order valence-electron chi connectivity index (χ1n) is 9.50. The minimum Gasteiger partial charge on any atom is -0.462 e. The first kappa shape index (κ1) is 22.7. The van der Waals surface area contributed by atoms with Gasteiger partial charge in [0.05, 0.1) is 12.2 Å². The highest BCUT2D eigenvalue weighted by molar-refractivity contribution is 5.99. The molecule has 7 heteroatoms. The van der Waals surface area contributed by atoms with Crippen LogP contribution in [0.5, 0.6) is 0 Å².